The summed E-state index contributed by atoms with van der Waals surface area (Å²) in [6.45, 7) is 35.8. The van der Waals surface area contributed by atoms with E-state index >= 15 is 0 Å². The summed E-state index contributed by atoms with van der Waals surface area (Å²) in [5.41, 5.74) is 11.7. The van der Waals surface area contributed by atoms with Gasteiger partial charge in [-0.1, -0.05) is 131 Å². The van der Waals surface area contributed by atoms with Crippen LogP contribution >= 0.6 is 0 Å². The fourth-order valence-corrected chi connectivity index (χ4v) is 6.10. The molecule has 0 aromatic heterocycles. The first-order chi connectivity index (χ1) is 15.5. The third-order valence-corrected chi connectivity index (χ3v) is 10.5. The topological polar surface area (TPSA) is 26.0 Å². The molecule has 0 aliphatic rings. The summed E-state index contributed by atoms with van der Waals surface area (Å²) >= 11 is 0. The van der Waals surface area contributed by atoms with Gasteiger partial charge in [0, 0.05) is 11.5 Å². The molecule has 1 rings (SSSR count). The lowest BCUT2D eigenvalue weighted by Crippen LogP contribution is -2.56. The number of hydrogen-bond donors (Lipinski definition) is 1. The van der Waals surface area contributed by atoms with Crippen LogP contribution in [0.1, 0.15) is 140 Å². The van der Waals surface area contributed by atoms with Crippen LogP contribution in [0.2, 0.25) is 0 Å². The molecule has 0 heterocycles. The Labute approximate surface area is 220 Å². The third-order valence-electron chi connectivity index (χ3n) is 10.5. The molecule has 2 unspecified atom stereocenters. The molecule has 0 spiro atoms. The summed E-state index contributed by atoms with van der Waals surface area (Å²) in [7, 11) is 0. The van der Waals surface area contributed by atoms with E-state index in [1.165, 1.54) is 16.7 Å². The van der Waals surface area contributed by atoms with Crippen molar-refractivity contribution in [3.05, 3.63) is 47.0 Å². The molecule has 0 saturated carbocycles. The van der Waals surface area contributed by atoms with Crippen molar-refractivity contribution in [2.45, 2.75) is 141 Å². The van der Waals surface area contributed by atoms with E-state index in [1.807, 2.05) is 0 Å². The number of hydrogen-bond acceptors (Lipinski definition) is 1. The van der Waals surface area contributed by atoms with E-state index < -0.39 is 0 Å². The summed E-state index contributed by atoms with van der Waals surface area (Å²) in [5.74, 6) is 0.354. The summed E-state index contributed by atoms with van der Waals surface area (Å²) in [5, 5.41) is 0. The summed E-state index contributed by atoms with van der Waals surface area (Å²) in [6, 6.07) is 9.08. The van der Waals surface area contributed by atoms with Gasteiger partial charge in [-0.3, -0.25) is 0 Å². The van der Waals surface area contributed by atoms with Gasteiger partial charge in [0.2, 0.25) is 0 Å². The van der Waals surface area contributed by atoms with Gasteiger partial charge in [-0.05, 0) is 72.7 Å². The minimum absolute atomic E-state index is 0.0399. The van der Waals surface area contributed by atoms with Gasteiger partial charge in [-0.25, -0.2) is 0 Å². The van der Waals surface area contributed by atoms with E-state index in [2.05, 4.69) is 134 Å². The van der Waals surface area contributed by atoms with Crippen LogP contribution in [0.5, 0.6) is 0 Å². The molecule has 1 nitrogen and oxygen atoms in total. The highest BCUT2D eigenvalue weighted by Crippen LogP contribution is 2.63. The zero-order valence-corrected chi connectivity index (χ0v) is 26.4. The van der Waals surface area contributed by atoms with Crippen LogP contribution in [-0.2, 0) is 0 Å². The lowest BCUT2D eigenvalue weighted by atomic mass is 9.44. The summed E-state index contributed by atoms with van der Waals surface area (Å²) < 4.78 is 0. The van der Waals surface area contributed by atoms with E-state index in [-0.39, 0.29) is 27.2 Å². The Morgan fingerprint density at radius 1 is 0.829 bits per heavy atom. The maximum absolute atomic E-state index is 7.30. The predicted octanol–water partition coefficient (Wildman–Crippen LogP) is 10.5. The van der Waals surface area contributed by atoms with Gasteiger partial charge in [0.15, 0.2) is 0 Å². The minimum Gasteiger partial charge on any atom is -0.325 e. The van der Waals surface area contributed by atoms with E-state index in [1.54, 1.807) is 0 Å². The fraction of sp³-hybridized carbons (Fsp3) is 0.765. The Bertz CT molecular complexity index is 838. The molecule has 0 saturated heterocycles. The number of allylic oxidation sites excluding steroid dienone is 2. The van der Waals surface area contributed by atoms with Crippen LogP contribution in [0.15, 0.2) is 35.9 Å². The Morgan fingerprint density at radius 3 is 1.74 bits per heavy atom. The Hall–Kier alpha value is -1.08. The summed E-state index contributed by atoms with van der Waals surface area (Å²) in [6.07, 6.45) is 6.85. The zero-order chi connectivity index (χ0) is 27.7. The lowest BCUT2D eigenvalue weighted by Gasteiger charge is -2.61. The van der Waals surface area contributed by atoms with E-state index in [9.17, 15) is 0 Å². The van der Waals surface area contributed by atoms with Crippen LogP contribution in [0.4, 0.5) is 0 Å². The molecule has 202 valence electrons. The monoisotopic (exact) mass is 483 g/mol. The normalized spacial score (nSPS) is 17.3. The molecule has 0 amide bonds. The number of nitrogens with two attached hydrogens (primary N) is 1. The van der Waals surface area contributed by atoms with E-state index in [0.717, 1.165) is 25.7 Å². The molecule has 1 aromatic carbocycles. The van der Waals surface area contributed by atoms with Gasteiger partial charge in [-0.15, -0.1) is 0 Å². The molecular formula is C34H61N. The molecule has 1 heteroatoms. The van der Waals surface area contributed by atoms with E-state index in [0.29, 0.717) is 11.3 Å². The Kier molecular flexibility index (Phi) is 9.79. The predicted molar refractivity (Wildman–Crippen MR) is 159 cm³/mol. The Morgan fingerprint density at radius 2 is 1.31 bits per heavy atom. The standard InChI is InChI=1S/C34H61N/c1-16-17-28(27-20-18-25(2)19-21-27)34(15,35)24-30(7,8)32(11,12)33(13,14)31(9,10)26(3)22-23-29(4,5)6/h18-22,28H,16-17,23-24,35H2,1-15H3/b26-22+. The first-order valence-electron chi connectivity index (χ1n) is 14.1. The SMILES string of the molecule is CCCC(c1ccc(C)cc1)C(C)(N)CC(C)(C)C(C)(C)C(C)(C)C(C)(C)/C(C)=C/CC(C)(C)C. The molecule has 2 atom stereocenters. The molecule has 2 N–H and O–H groups in total. The van der Waals surface area contributed by atoms with Crippen molar-refractivity contribution in [1.82, 2.24) is 0 Å². The molecule has 0 radical (unpaired) electrons. The van der Waals surface area contributed by atoms with Crippen LogP contribution in [0, 0.1) is 34.0 Å². The Balaban J connectivity index is 3.39. The number of rotatable bonds is 11. The van der Waals surface area contributed by atoms with Crippen molar-refractivity contribution >= 4 is 0 Å². The highest BCUT2D eigenvalue weighted by atomic mass is 14.8. The minimum atomic E-state index is -0.288. The van der Waals surface area contributed by atoms with Gasteiger partial charge < -0.3 is 5.73 Å². The smallest absolute Gasteiger partial charge is 0.0200 e. The average Bonchev–Trinajstić information content (AvgIpc) is 2.69. The van der Waals surface area contributed by atoms with Crippen molar-refractivity contribution in [3.63, 3.8) is 0 Å². The highest BCUT2D eigenvalue weighted by Gasteiger charge is 2.56. The zero-order valence-electron chi connectivity index (χ0n) is 26.4. The molecular weight excluding hydrogens is 422 g/mol. The quantitative estimate of drug-likeness (QED) is 0.311. The highest BCUT2D eigenvalue weighted by molar-refractivity contribution is 5.28. The number of benzene rings is 1. The van der Waals surface area contributed by atoms with Gasteiger partial charge in [0.1, 0.15) is 0 Å². The molecule has 0 fully saturated rings. The first kappa shape index (κ1) is 31.9. The van der Waals surface area contributed by atoms with Crippen molar-refractivity contribution in [2.75, 3.05) is 0 Å². The maximum Gasteiger partial charge on any atom is 0.0200 e. The van der Waals surface area contributed by atoms with Gasteiger partial charge >= 0.3 is 0 Å². The molecule has 1 aromatic rings. The molecule has 35 heavy (non-hydrogen) atoms. The second-order valence-corrected chi connectivity index (χ2v) is 15.3. The van der Waals surface area contributed by atoms with Crippen molar-refractivity contribution in [1.29, 1.82) is 0 Å². The second-order valence-electron chi connectivity index (χ2n) is 15.3. The van der Waals surface area contributed by atoms with Gasteiger partial charge in [0.05, 0.1) is 0 Å². The second kappa shape index (κ2) is 10.7. The van der Waals surface area contributed by atoms with E-state index in [4.69, 9.17) is 5.73 Å². The van der Waals surface area contributed by atoms with Crippen LogP contribution in [-0.4, -0.2) is 5.54 Å². The van der Waals surface area contributed by atoms with Crippen molar-refractivity contribution in [3.8, 4) is 0 Å². The van der Waals surface area contributed by atoms with Crippen LogP contribution in [0.25, 0.3) is 0 Å². The molecule has 0 aliphatic carbocycles. The van der Waals surface area contributed by atoms with Crippen LogP contribution in [0.3, 0.4) is 0 Å². The van der Waals surface area contributed by atoms with Crippen LogP contribution < -0.4 is 5.73 Å². The van der Waals surface area contributed by atoms with Gasteiger partial charge in [-0.2, -0.15) is 0 Å². The molecule has 0 bridgehead atoms. The lowest BCUT2D eigenvalue weighted by molar-refractivity contribution is -0.0917. The van der Waals surface area contributed by atoms with Gasteiger partial charge in [0.25, 0.3) is 0 Å². The maximum atomic E-state index is 7.30. The summed E-state index contributed by atoms with van der Waals surface area (Å²) in [4.78, 5) is 0. The number of aryl methyl sites for hydroxylation is 1. The largest absolute Gasteiger partial charge is 0.325 e. The fourth-order valence-electron chi connectivity index (χ4n) is 6.10. The first-order valence-corrected chi connectivity index (χ1v) is 14.1. The van der Waals surface area contributed by atoms with Crippen molar-refractivity contribution < 1.29 is 0 Å². The third kappa shape index (κ3) is 7.03. The molecule has 0 aliphatic heterocycles. The van der Waals surface area contributed by atoms with Crippen molar-refractivity contribution in [2.24, 2.45) is 32.8 Å². The average molecular weight is 484 g/mol.